The minimum absolute atomic E-state index is 0.101. The first-order chi connectivity index (χ1) is 14.0. The number of para-hydroxylation sites is 1. The normalized spacial score (nSPS) is 25.2. The molecule has 1 N–H and O–H groups in total. The lowest BCUT2D eigenvalue weighted by Gasteiger charge is -2.39. The number of hydrogen-bond acceptors (Lipinski definition) is 3. The van der Waals surface area contributed by atoms with E-state index >= 15 is 0 Å². The summed E-state index contributed by atoms with van der Waals surface area (Å²) in [5.74, 6) is -0.101. The first-order valence-corrected chi connectivity index (χ1v) is 12.4. The second-order valence-corrected chi connectivity index (χ2v) is 12.3. The molecule has 0 radical (unpaired) electrons. The molecule has 2 fully saturated rings. The maximum Gasteiger partial charge on any atom is 0.261 e. The van der Waals surface area contributed by atoms with Crippen LogP contribution in [0.25, 0.3) is 0 Å². The Morgan fingerprint density at radius 2 is 1.73 bits per heavy atom. The molecular weight excluding hydrogens is 464 g/mol. The van der Waals surface area contributed by atoms with Crippen LogP contribution in [0.4, 0.5) is 5.69 Å². The van der Waals surface area contributed by atoms with E-state index < -0.39 is 10.0 Å². The molecule has 2 aromatic rings. The number of nitrogens with one attached hydrogen (secondary N) is 1. The first kappa shape index (κ1) is 21.4. The fourth-order valence-corrected chi connectivity index (χ4v) is 6.77. The molecule has 1 heterocycles. The summed E-state index contributed by atoms with van der Waals surface area (Å²) in [5.41, 5.74) is 1.03. The van der Waals surface area contributed by atoms with Crippen molar-refractivity contribution in [3.63, 3.8) is 0 Å². The predicted molar refractivity (Wildman–Crippen MR) is 122 cm³/mol. The highest BCUT2D eigenvalue weighted by Gasteiger charge is 2.51. The van der Waals surface area contributed by atoms with Crippen molar-refractivity contribution in [1.29, 1.82) is 0 Å². The molecule has 1 saturated heterocycles. The van der Waals surface area contributed by atoms with Gasteiger partial charge in [0.1, 0.15) is 0 Å². The summed E-state index contributed by atoms with van der Waals surface area (Å²) in [5, 5.41) is 0. The number of fused-ring (bicyclic) bond motifs is 2. The third-order valence-corrected chi connectivity index (χ3v) is 8.11. The molecule has 0 unspecified atom stereocenters. The molecule has 1 amide bonds. The summed E-state index contributed by atoms with van der Waals surface area (Å²) >= 11 is 3.32. The van der Waals surface area contributed by atoms with Gasteiger partial charge in [0.05, 0.1) is 16.1 Å². The number of amides is 1. The Labute approximate surface area is 187 Å². The zero-order valence-electron chi connectivity index (χ0n) is 17.5. The second kappa shape index (κ2) is 7.38. The number of halogens is 1. The van der Waals surface area contributed by atoms with Crippen LogP contribution in [-0.4, -0.2) is 31.8 Å². The Morgan fingerprint density at radius 3 is 2.43 bits per heavy atom. The first-order valence-electron chi connectivity index (χ1n) is 10.2. The zero-order chi connectivity index (χ0) is 21.7. The summed E-state index contributed by atoms with van der Waals surface area (Å²) in [6.07, 6.45) is 3.08. The van der Waals surface area contributed by atoms with E-state index in [0.29, 0.717) is 17.8 Å². The highest BCUT2D eigenvalue weighted by molar-refractivity contribution is 9.10. The molecule has 2 aromatic carbocycles. The smallest absolute Gasteiger partial charge is 0.261 e. The van der Waals surface area contributed by atoms with Gasteiger partial charge in [-0.1, -0.05) is 48.8 Å². The van der Waals surface area contributed by atoms with E-state index in [1.54, 1.807) is 36.4 Å². The average molecular weight is 491 g/mol. The minimum atomic E-state index is -3.80. The van der Waals surface area contributed by atoms with E-state index in [1.165, 1.54) is 12.1 Å². The topological polar surface area (TPSA) is 66.5 Å². The Hall–Kier alpha value is -1.86. The molecule has 0 spiro atoms. The van der Waals surface area contributed by atoms with Gasteiger partial charge in [-0.05, 0) is 66.5 Å². The zero-order valence-corrected chi connectivity index (χ0v) is 19.9. The van der Waals surface area contributed by atoms with E-state index in [4.69, 9.17) is 0 Å². The number of carbonyl (C=O) groups excluding carboxylic acids is 1. The van der Waals surface area contributed by atoms with Crippen LogP contribution in [0.2, 0.25) is 0 Å². The van der Waals surface area contributed by atoms with E-state index in [-0.39, 0.29) is 27.7 Å². The predicted octanol–water partition coefficient (Wildman–Crippen LogP) is 5.29. The summed E-state index contributed by atoms with van der Waals surface area (Å²) in [7, 11) is -3.80. The maximum atomic E-state index is 13.5. The van der Waals surface area contributed by atoms with Crippen LogP contribution in [-0.2, 0) is 10.0 Å². The lowest BCUT2D eigenvalue weighted by atomic mass is 9.65. The number of sulfonamides is 1. The molecule has 2 aliphatic rings. The molecule has 4 rings (SSSR count). The van der Waals surface area contributed by atoms with E-state index in [1.807, 2.05) is 4.90 Å². The number of likely N-dealkylation sites (tertiary alicyclic amines) is 1. The highest BCUT2D eigenvalue weighted by atomic mass is 79.9. The van der Waals surface area contributed by atoms with Gasteiger partial charge in [0.2, 0.25) is 0 Å². The number of carbonyl (C=O) groups is 1. The largest absolute Gasteiger partial charge is 0.335 e. The van der Waals surface area contributed by atoms with Crippen molar-refractivity contribution in [2.75, 3.05) is 11.3 Å². The van der Waals surface area contributed by atoms with Crippen LogP contribution in [0.15, 0.2) is 57.9 Å². The third kappa shape index (κ3) is 4.14. The van der Waals surface area contributed by atoms with E-state index in [9.17, 15) is 13.2 Å². The molecular formula is C23H27BrN2O3S. The van der Waals surface area contributed by atoms with Crippen molar-refractivity contribution < 1.29 is 13.2 Å². The number of rotatable bonds is 4. The van der Waals surface area contributed by atoms with E-state index in [2.05, 4.69) is 41.4 Å². The molecule has 1 aliphatic carbocycles. The lowest BCUT2D eigenvalue weighted by Crippen LogP contribution is -2.38. The summed E-state index contributed by atoms with van der Waals surface area (Å²) < 4.78 is 29.2. The molecule has 1 aliphatic heterocycles. The van der Waals surface area contributed by atoms with Crippen molar-refractivity contribution in [3.8, 4) is 0 Å². The van der Waals surface area contributed by atoms with Crippen LogP contribution in [0, 0.1) is 10.8 Å². The molecule has 1 saturated carbocycles. The van der Waals surface area contributed by atoms with Crippen molar-refractivity contribution in [1.82, 2.24) is 4.90 Å². The summed E-state index contributed by atoms with van der Waals surface area (Å²) in [6.45, 7) is 7.52. The van der Waals surface area contributed by atoms with Crippen LogP contribution in [0.5, 0.6) is 0 Å². The van der Waals surface area contributed by atoms with Crippen LogP contribution >= 0.6 is 15.9 Å². The minimum Gasteiger partial charge on any atom is -0.335 e. The molecule has 0 aromatic heterocycles. The number of benzene rings is 2. The molecule has 2 bridgehead atoms. The molecule has 7 heteroatoms. The third-order valence-electron chi connectivity index (χ3n) is 6.20. The average Bonchev–Trinajstić information content (AvgIpc) is 2.90. The monoisotopic (exact) mass is 490 g/mol. The van der Waals surface area contributed by atoms with Gasteiger partial charge in [-0.15, -0.1) is 0 Å². The van der Waals surface area contributed by atoms with Gasteiger partial charge in [-0.3, -0.25) is 9.52 Å². The highest BCUT2D eigenvalue weighted by Crippen LogP contribution is 2.52. The van der Waals surface area contributed by atoms with Crippen molar-refractivity contribution in [3.05, 3.63) is 58.6 Å². The standard InChI is InChI=1S/C23H27BrN2O3S/c1-22(2)12-17-13-23(3,14-22)15-26(17)21(27)19-6-4-5-7-20(19)25-30(28,29)18-10-8-16(24)9-11-18/h4-11,17,25H,12-15H2,1-3H3/t17-,23+/m0/s1. The van der Waals surface area contributed by atoms with Gasteiger partial charge < -0.3 is 4.90 Å². The number of anilines is 1. The Kier molecular flexibility index (Phi) is 5.26. The summed E-state index contributed by atoms with van der Waals surface area (Å²) in [6, 6.07) is 13.5. The van der Waals surface area contributed by atoms with Gasteiger partial charge in [0.25, 0.3) is 15.9 Å². The second-order valence-electron chi connectivity index (χ2n) is 9.75. The van der Waals surface area contributed by atoms with Crippen molar-refractivity contribution >= 4 is 37.5 Å². The molecule has 160 valence electrons. The van der Waals surface area contributed by atoms with Crippen LogP contribution in [0.3, 0.4) is 0 Å². The Morgan fingerprint density at radius 1 is 1.07 bits per heavy atom. The quantitative estimate of drug-likeness (QED) is 0.632. The maximum absolute atomic E-state index is 13.5. The summed E-state index contributed by atoms with van der Waals surface area (Å²) in [4.78, 5) is 15.6. The van der Waals surface area contributed by atoms with Gasteiger partial charge >= 0.3 is 0 Å². The fraction of sp³-hybridized carbons (Fsp3) is 0.435. The van der Waals surface area contributed by atoms with Gasteiger partial charge in [-0.2, -0.15) is 0 Å². The van der Waals surface area contributed by atoms with Gasteiger partial charge in [-0.25, -0.2) is 8.42 Å². The van der Waals surface area contributed by atoms with Gasteiger partial charge in [0, 0.05) is 17.1 Å². The number of hydrogen-bond donors (Lipinski definition) is 1. The van der Waals surface area contributed by atoms with Gasteiger partial charge in [0.15, 0.2) is 0 Å². The van der Waals surface area contributed by atoms with Crippen LogP contribution in [0.1, 0.15) is 50.4 Å². The molecule has 2 atom stereocenters. The SMILES string of the molecule is CC1(C)C[C@H]2C[C@@](C)(CN2C(=O)c2ccccc2NS(=O)(=O)c2ccc(Br)cc2)C1. The molecule has 30 heavy (non-hydrogen) atoms. The van der Waals surface area contributed by atoms with Crippen molar-refractivity contribution in [2.45, 2.75) is 51.0 Å². The van der Waals surface area contributed by atoms with Crippen LogP contribution < -0.4 is 4.72 Å². The Bertz CT molecular complexity index is 1080. The Balaban J connectivity index is 1.62. The molecule has 5 nitrogen and oxygen atoms in total. The number of nitrogens with zero attached hydrogens (tertiary/aromatic N) is 1. The van der Waals surface area contributed by atoms with E-state index in [0.717, 1.165) is 23.7 Å². The lowest BCUT2D eigenvalue weighted by molar-refractivity contribution is 0.0709. The fourth-order valence-electron chi connectivity index (χ4n) is 5.43. The van der Waals surface area contributed by atoms with Crippen molar-refractivity contribution in [2.24, 2.45) is 10.8 Å².